The minimum Gasteiger partial charge on any atom is -0.369 e. The number of nitrogens with two attached hydrogens (primary N) is 1. The lowest BCUT2D eigenvalue weighted by molar-refractivity contribution is -0.122. The molecule has 1 aromatic rings. The van der Waals surface area contributed by atoms with E-state index < -0.39 is 17.6 Å². The van der Waals surface area contributed by atoms with Crippen LogP contribution in [0, 0.1) is 18.7 Å². The first kappa shape index (κ1) is 13.5. The van der Waals surface area contributed by atoms with Gasteiger partial charge in [-0.1, -0.05) is 18.1 Å². The van der Waals surface area contributed by atoms with Crippen molar-refractivity contribution in [3.8, 4) is 0 Å². The Morgan fingerprint density at radius 2 is 2.11 bits per heavy atom. The predicted octanol–water partition coefficient (Wildman–Crippen LogP) is 1.52. The van der Waals surface area contributed by atoms with E-state index in [1.807, 2.05) is 0 Å². The zero-order chi connectivity index (χ0) is 14.0. The zero-order valence-electron chi connectivity index (χ0n) is 10.8. The lowest BCUT2D eigenvalue weighted by atomic mass is 10.0. The Morgan fingerprint density at radius 1 is 1.37 bits per heavy atom. The lowest BCUT2D eigenvalue weighted by Crippen LogP contribution is -2.42. The molecule has 0 spiro atoms. The monoisotopic (exact) mass is 264 g/mol. The van der Waals surface area contributed by atoms with Gasteiger partial charge in [0.1, 0.15) is 5.82 Å². The van der Waals surface area contributed by atoms with Crippen LogP contribution >= 0.6 is 0 Å². The van der Waals surface area contributed by atoms with Gasteiger partial charge in [-0.05, 0) is 31.9 Å². The van der Waals surface area contributed by atoms with Crippen molar-refractivity contribution in [3.63, 3.8) is 0 Å². The van der Waals surface area contributed by atoms with Crippen LogP contribution in [-0.2, 0) is 4.79 Å². The summed E-state index contributed by atoms with van der Waals surface area (Å²) in [7, 11) is 0. The highest BCUT2D eigenvalue weighted by atomic mass is 19.1. The van der Waals surface area contributed by atoms with Gasteiger partial charge in [0.25, 0.3) is 5.91 Å². The van der Waals surface area contributed by atoms with E-state index in [9.17, 15) is 14.0 Å². The smallest absolute Gasteiger partial charge is 0.254 e. The van der Waals surface area contributed by atoms with Crippen molar-refractivity contribution in [1.82, 2.24) is 5.32 Å². The van der Waals surface area contributed by atoms with Gasteiger partial charge in [-0.25, -0.2) is 4.39 Å². The average Bonchev–Trinajstić information content (AvgIpc) is 2.80. The molecule has 0 unspecified atom stereocenters. The molecule has 2 amide bonds. The number of primary amides is 1. The Labute approximate surface area is 111 Å². The minimum absolute atomic E-state index is 0.00937. The summed E-state index contributed by atoms with van der Waals surface area (Å²) >= 11 is 0. The average molecular weight is 264 g/mol. The fourth-order valence-corrected chi connectivity index (χ4v) is 2.53. The highest BCUT2D eigenvalue weighted by molar-refractivity contribution is 5.95. The number of halogens is 1. The summed E-state index contributed by atoms with van der Waals surface area (Å²) in [6.07, 6.45) is 2.22. The molecule has 0 aromatic heterocycles. The molecular formula is C14H17FN2O2. The Hall–Kier alpha value is -1.91. The highest BCUT2D eigenvalue weighted by Crippen LogP contribution is 2.25. The molecule has 5 heteroatoms. The zero-order valence-corrected chi connectivity index (χ0v) is 10.8. The first-order valence-corrected chi connectivity index (χ1v) is 6.35. The van der Waals surface area contributed by atoms with Gasteiger partial charge in [0, 0.05) is 6.04 Å². The Morgan fingerprint density at radius 3 is 2.79 bits per heavy atom. The van der Waals surface area contributed by atoms with Gasteiger partial charge in [-0.3, -0.25) is 9.59 Å². The summed E-state index contributed by atoms with van der Waals surface area (Å²) in [4.78, 5) is 23.3. The molecule has 0 saturated heterocycles. The van der Waals surface area contributed by atoms with Crippen molar-refractivity contribution in [1.29, 1.82) is 0 Å². The molecule has 1 aliphatic carbocycles. The van der Waals surface area contributed by atoms with E-state index in [-0.39, 0.29) is 17.5 Å². The molecule has 1 aliphatic rings. The van der Waals surface area contributed by atoms with E-state index in [0.29, 0.717) is 12.8 Å². The van der Waals surface area contributed by atoms with Crippen LogP contribution in [0.5, 0.6) is 0 Å². The molecule has 102 valence electrons. The number of aryl methyl sites for hydroxylation is 1. The maximum atomic E-state index is 13.6. The van der Waals surface area contributed by atoms with Gasteiger partial charge >= 0.3 is 0 Å². The number of nitrogens with one attached hydrogen (secondary N) is 1. The van der Waals surface area contributed by atoms with Crippen LogP contribution in [0.15, 0.2) is 18.2 Å². The van der Waals surface area contributed by atoms with Gasteiger partial charge in [-0.2, -0.15) is 0 Å². The summed E-state index contributed by atoms with van der Waals surface area (Å²) in [6.45, 7) is 1.79. The van der Waals surface area contributed by atoms with Gasteiger partial charge in [0.2, 0.25) is 5.91 Å². The molecule has 0 aliphatic heterocycles. The Balaban J connectivity index is 2.12. The minimum atomic E-state index is -0.559. The Bertz CT molecular complexity index is 516. The van der Waals surface area contributed by atoms with Crippen LogP contribution in [0.3, 0.4) is 0 Å². The van der Waals surface area contributed by atoms with Crippen molar-refractivity contribution in [2.45, 2.75) is 32.2 Å². The van der Waals surface area contributed by atoms with E-state index in [2.05, 4.69) is 5.32 Å². The quantitative estimate of drug-likeness (QED) is 0.868. The normalized spacial score (nSPS) is 22.2. The molecule has 1 saturated carbocycles. The number of hydrogen-bond acceptors (Lipinski definition) is 2. The summed E-state index contributed by atoms with van der Waals surface area (Å²) in [5.41, 5.74) is 6.11. The van der Waals surface area contributed by atoms with Crippen LogP contribution in [0.1, 0.15) is 35.2 Å². The fourth-order valence-electron chi connectivity index (χ4n) is 2.53. The van der Waals surface area contributed by atoms with Crippen molar-refractivity contribution < 1.29 is 14.0 Å². The SMILES string of the molecule is Cc1ccc(F)c(C(=O)N[C@@H]2CCC[C@@H]2C(N)=O)c1. The predicted molar refractivity (Wildman–Crippen MR) is 68.9 cm³/mol. The van der Waals surface area contributed by atoms with Crippen LogP contribution in [0.25, 0.3) is 0 Å². The second kappa shape index (κ2) is 5.38. The number of hydrogen-bond donors (Lipinski definition) is 2. The first-order valence-electron chi connectivity index (χ1n) is 6.35. The van der Waals surface area contributed by atoms with E-state index in [1.54, 1.807) is 13.0 Å². The van der Waals surface area contributed by atoms with Crippen LogP contribution < -0.4 is 11.1 Å². The molecule has 1 fully saturated rings. The largest absolute Gasteiger partial charge is 0.369 e. The van der Waals surface area contributed by atoms with Crippen LogP contribution in [0.2, 0.25) is 0 Å². The third-order valence-corrected chi connectivity index (χ3v) is 3.56. The molecule has 0 bridgehead atoms. The summed E-state index contributed by atoms with van der Waals surface area (Å²) in [6, 6.07) is 4.09. The second-order valence-electron chi connectivity index (χ2n) is 5.00. The molecular weight excluding hydrogens is 247 g/mol. The topological polar surface area (TPSA) is 72.2 Å². The second-order valence-corrected chi connectivity index (χ2v) is 5.00. The molecule has 2 rings (SSSR count). The lowest BCUT2D eigenvalue weighted by Gasteiger charge is -2.18. The third kappa shape index (κ3) is 2.92. The van der Waals surface area contributed by atoms with E-state index in [1.165, 1.54) is 12.1 Å². The van der Waals surface area contributed by atoms with Crippen LogP contribution in [0.4, 0.5) is 4.39 Å². The van der Waals surface area contributed by atoms with Gasteiger partial charge in [0.05, 0.1) is 11.5 Å². The van der Waals surface area contributed by atoms with Crippen molar-refractivity contribution in [3.05, 3.63) is 35.1 Å². The summed E-state index contributed by atoms with van der Waals surface area (Å²) in [5.74, 6) is -1.81. The van der Waals surface area contributed by atoms with Gasteiger partial charge < -0.3 is 11.1 Å². The summed E-state index contributed by atoms with van der Waals surface area (Å²) in [5, 5.41) is 2.71. The third-order valence-electron chi connectivity index (χ3n) is 3.56. The van der Waals surface area contributed by atoms with E-state index in [4.69, 9.17) is 5.73 Å². The van der Waals surface area contributed by atoms with Crippen LogP contribution in [-0.4, -0.2) is 17.9 Å². The highest BCUT2D eigenvalue weighted by Gasteiger charge is 2.33. The molecule has 19 heavy (non-hydrogen) atoms. The number of carbonyl (C=O) groups excluding carboxylic acids is 2. The molecule has 0 radical (unpaired) electrons. The Kier molecular flexibility index (Phi) is 3.83. The number of rotatable bonds is 3. The molecule has 2 atom stereocenters. The van der Waals surface area contributed by atoms with Crippen molar-refractivity contribution in [2.75, 3.05) is 0 Å². The van der Waals surface area contributed by atoms with Gasteiger partial charge in [0.15, 0.2) is 0 Å². The molecule has 1 aromatic carbocycles. The van der Waals surface area contributed by atoms with Crippen molar-refractivity contribution >= 4 is 11.8 Å². The van der Waals surface area contributed by atoms with E-state index >= 15 is 0 Å². The van der Waals surface area contributed by atoms with E-state index in [0.717, 1.165) is 12.0 Å². The van der Waals surface area contributed by atoms with Crippen molar-refractivity contribution in [2.24, 2.45) is 11.7 Å². The number of carbonyl (C=O) groups is 2. The fraction of sp³-hybridized carbons (Fsp3) is 0.429. The number of benzene rings is 1. The standard InChI is InChI=1S/C14H17FN2O2/c1-8-5-6-11(15)10(7-8)14(19)17-12-4-2-3-9(12)13(16)18/h5-7,9,12H,2-4H2,1H3,(H2,16,18)(H,17,19)/t9-,12+/m0/s1. The van der Waals surface area contributed by atoms with Gasteiger partial charge in [-0.15, -0.1) is 0 Å². The first-order chi connectivity index (χ1) is 8.99. The molecule has 3 N–H and O–H groups in total. The summed E-state index contributed by atoms with van der Waals surface area (Å²) < 4.78 is 13.6. The molecule has 0 heterocycles. The number of amides is 2. The maximum absolute atomic E-state index is 13.6. The maximum Gasteiger partial charge on any atom is 0.254 e. The molecule has 4 nitrogen and oxygen atoms in total.